The van der Waals surface area contributed by atoms with Gasteiger partial charge in [0.1, 0.15) is 11.5 Å². The summed E-state index contributed by atoms with van der Waals surface area (Å²) >= 11 is 0. The lowest BCUT2D eigenvalue weighted by Crippen LogP contribution is -2.04. The van der Waals surface area contributed by atoms with Crippen LogP contribution in [0, 0.1) is 0 Å². The van der Waals surface area contributed by atoms with Crippen molar-refractivity contribution < 1.29 is 27.0 Å². The first kappa shape index (κ1) is 10.6. The van der Waals surface area contributed by atoms with Gasteiger partial charge in [-0.3, -0.25) is 0 Å². The standard InChI is InChI=1S/C8H6F4O2/c9-7(10)13-5-2-1-3-6(4-5)14-8(11)12/h1-4,7-8H. The van der Waals surface area contributed by atoms with Gasteiger partial charge in [0, 0.05) is 6.07 Å². The molecule has 1 rings (SSSR count). The van der Waals surface area contributed by atoms with Gasteiger partial charge in [-0.2, -0.15) is 17.6 Å². The van der Waals surface area contributed by atoms with Crippen LogP contribution in [0.2, 0.25) is 0 Å². The average molecular weight is 210 g/mol. The molecule has 0 fully saturated rings. The molecule has 1 aromatic carbocycles. The Bertz CT molecular complexity index is 265. The van der Waals surface area contributed by atoms with Gasteiger partial charge >= 0.3 is 13.2 Å². The Kier molecular flexibility index (Phi) is 3.55. The van der Waals surface area contributed by atoms with Crippen LogP contribution in [-0.2, 0) is 0 Å². The van der Waals surface area contributed by atoms with Gasteiger partial charge in [0.25, 0.3) is 0 Å². The third-order valence-electron chi connectivity index (χ3n) is 1.26. The van der Waals surface area contributed by atoms with Gasteiger partial charge in [0.2, 0.25) is 0 Å². The summed E-state index contributed by atoms with van der Waals surface area (Å²) in [5.41, 5.74) is 0. The zero-order valence-electron chi connectivity index (χ0n) is 6.79. The molecule has 0 amide bonds. The SMILES string of the molecule is FC(F)Oc1cccc(OC(F)F)c1. The van der Waals surface area contributed by atoms with E-state index in [-0.39, 0.29) is 11.5 Å². The van der Waals surface area contributed by atoms with E-state index in [0.29, 0.717) is 0 Å². The quantitative estimate of drug-likeness (QED) is 0.711. The summed E-state index contributed by atoms with van der Waals surface area (Å²) in [6, 6.07) is 4.66. The Morgan fingerprint density at radius 2 is 1.29 bits per heavy atom. The van der Waals surface area contributed by atoms with Crippen LogP contribution in [0.3, 0.4) is 0 Å². The van der Waals surface area contributed by atoms with Crippen molar-refractivity contribution in [3.63, 3.8) is 0 Å². The molecule has 0 aliphatic rings. The van der Waals surface area contributed by atoms with Gasteiger partial charge in [-0.05, 0) is 12.1 Å². The van der Waals surface area contributed by atoms with E-state index in [1.807, 2.05) is 0 Å². The topological polar surface area (TPSA) is 18.5 Å². The lowest BCUT2D eigenvalue weighted by molar-refractivity contribution is -0.0542. The second-order valence-corrected chi connectivity index (χ2v) is 2.23. The van der Waals surface area contributed by atoms with Crippen LogP contribution in [0.15, 0.2) is 24.3 Å². The number of hydrogen-bond donors (Lipinski definition) is 0. The van der Waals surface area contributed by atoms with Crippen molar-refractivity contribution >= 4 is 0 Å². The molecule has 0 aliphatic carbocycles. The second kappa shape index (κ2) is 4.69. The number of benzene rings is 1. The van der Waals surface area contributed by atoms with Crippen LogP contribution in [0.1, 0.15) is 0 Å². The lowest BCUT2D eigenvalue weighted by Gasteiger charge is -2.07. The smallest absolute Gasteiger partial charge is 0.387 e. The Hall–Kier alpha value is -1.46. The lowest BCUT2D eigenvalue weighted by atomic mass is 10.3. The molecular formula is C8H6F4O2. The van der Waals surface area contributed by atoms with Crippen molar-refractivity contribution in [2.24, 2.45) is 0 Å². The van der Waals surface area contributed by atoms with Crippen molar-refractivity contribution in [2.75, 3.05) is 0 Å². The molecule has 2 nitrogen and oxygen atoms in total. The van der Waals surface area contributed by atoms with Crippen molar-refractivity contribution in [2.45, 2.75) is 13.2 Å². The van der Waals surface area contributed by atoms with Crippen LogP contribution in [0.5, 0.6) is 11.5 Å². The van der Waals surface area contributed by atoms with Gasteiger partial charge in [0.05, 0.1) is 0 Å². The number of ether oxygens (including phenoxy) is 2. The Balaban J connectivity index is 2.68. The highest BCUT2D eigenvalue weighted by atomic mass is 19.3. The van der Waals surface area contributed by atoms with Crippen LogP contribution in [0.4, 0.5) is 17.6 Å². The van der Waals surface area contributed by atoms with Crippen molar-refractivity contribution in [3.8, 4) is 11.5 Å². The molecule has 6 heteroatoms. The molecule has 0 N–H and O–H groups in total. The van der Waals surface area contributed by atoms with Crippen LogP contribution < -0.4 is 9.47 Å². The maximum absolute atomic E-state index is 11.7. The Labute approximate surface area is 77.1 Å². The number of rotatable bonds is 4. The third-order valence-corrected chi connectivity index (χ3v) is 1.26. The number of hydrogen-bond acceptors (Lipinski definition) is 2. The minimum absolute atomic E-state index is 0.224. The zero-order chi connectivity index (χ0) is 10.6. The van der Waals surface area contributed by atoms with Crippen molar-refractivity contribution in [1.29, 1.82) is 0 Å². The summed E-state index contributed by atoms with van der Waals surface area (Å²) in [7, 11) is 0. The molecule has 1 aromatic rings. The first-order chi connectivity index (χ1) is 6.58. The van der Waals surface area contributed by atoms with Gasteiger partial charge in [-0.15, -0.1) is 0 Å². The summed E-state index contributed by atoms with van der Waals surface area (Å²) < 4.78 is 54.8. The number of alkyl halides is 4. The molecule has 0 aromatic heterocycles. The molecule has 0 saturated heterocycles. The van der Waals surface area contributed by atoms with E-state index in [4.69, 9.17) is 0 Å². The molecule has 78 valence electrons. The average Bonchev–Trinajstić information content (AvgIpc) is 2.01. The molecule has 0 atom stereocenters. The van der Waals surface area contributed by atoms with Crippen LogP contribution in [0.25, 0.3) is 0 Å². The minimum Gasteiger partial charge on any atom is -0.435 e. The first-order valence-electron chi connectivity index (χ1n) is 3.57. The van der Waals surface area contributed by atoms with E-state index >= 15 is 0 Å². The molecular weight excluding hydrogens is 204 g/mol. The molecule has 14 heavy (non-hydrogen) atoms. The first-order valence-corrected chi connectivity index (χ1v) is 3.57. The van der Waals surface area contributed by atoms with E-state index in [2.05, 4.69) is 9.47 Å². The highest BCUT2D eigenvalue weighted by Gasteiger charge is 2.07. The second-order valence-electron chi connectivity index (χ2n) is 2.23. The maximum atomic E-state index is 11.7. The van der Waals surface area contributed by atoms with E-state index in [0.717, 1.165) is 6.07 Å². The van der Waals surface area contributed by atoms with E-state index in [1.54, 1.807) is 0 Å². The predicted octanol–water partition coefficient (Wildman–Crippen LogP) is 2.89. The molecule has 0 spiro atoms. The normalized spacial score (nSPS) is 10.7. The Morgan fingerprint density at radius 1 is 0.857 bits per heavy atom. The van der Waals surface area contributed by atoms with Gasteiger partial charge in [0.15, 0.2) is 0 Å². The van der Waals surface area contributed by atoms with E-state index in [1.165, 1.54) is 18.2 Å². The summed E-state index contributed by atoms with van der Waals surface area (Å²) in [4.78, 5) is 0. The largest absolute Gasteiger partial charge is 0.435 e. The monoisotopic (exact) mass is 210 g/mol. The highest BCUT2D eigenvalue weighted by molar-refractivity contribution is 5.32. The fourth-order valence-electron chi connectivity index (χ4n) is 0.827. The van der Waals surface area contributed by atoms with E-state index < -0.39 is 13.2 Å². The molecule has 0 radical (unpaired) electrons. The van der Waals surface area contributed by atoms with E-state index in [9.17, 15) is 17.6 Å². The molecule has 0 aliphatic heterocycles. The highest BCUT2D eigenvalue weighted by Crippen LogP contribution is 2.22. The zero-order valence-corrected chi connectivity index (χ0v) is 6.79. The number of halogens is 4. The maximum Gasteiger partial charge on any atom is 0.387 e. The van der Waals surface area contributed by atoms with Gasteiger partial charge < -0.3 is 9.47 Å². The fourth-order valence-corrected chi connectivity index (χ4v) is 0.827. The fraction of sp³-hybridized carbons (Fsp3) is 0.250. The molecule has 0 unspecified atom stereocenters. The van der Waals surface area contributed by atoms with Crippen LogP contribution >= 0.6 is 0 Å². The summed E-state index contributed by atoms with van der Waals surface area (Å²) in [6.07, 6.45) is 0. The third kappa shape index (κ3) is 3.51. The molecule has 0 bridgehead atoms. The summed E-state index contributed by atoms with van der Waals surface area (Å²) in [6.45, 7) is -5.98. The van der Waals surface area contributed by atoms with Gasteiger partial charge in [-0.25, -0.2) is 0 Å². The Morgan fingerprint density at radius 3 is 1.64 bits per heavy atom. The summed E-state index contributed by atoms with van der Waals surface area (Å²) in [5, 5.41) is 0. The predicted molar refractivity (Wildman–Crippen MR) is 39.7 cm³/mol. The summed E-state index contributed by atoms with van der Waals surface area (Å²) in [5.74, 6) is -0.448. The van der Waals surface area contributed by atoms with Crippen LogP contribution in [-0.4, -0.2) is 13.2 Å². The van der Waals surface area contributed by atoms with Crippen molar-refractivity contribution in [3.05, 3.63) is 24.3 Å². The van der Waals surface area contributed by atoms with Crippen molar-refractivity contribution in [1.82, 2.24) is 0 Å². The minimum atomic E-state index is -2.99. The molecule has 0 heterocycles. The molecule has 0 saturated carbocycles. The van der Waals surface area contributed by atoms with Gasteiger partial charge in [-0.1, -0.05) is 6.07 Å².